The van der Waals surface area contributed by atoms with Gasteiger partial charge in [0.1, 0.15) is 11.8 Å². The number of nitrogens with zero attached hydrogens (tertiary/aromatic N) is 1. The Kier molecular flexibility index (Phi) is 6.38. The summed E-state index contributed by atoms with van der Waals surface area (Å²) in [5, 5.41) is 2.73. The summed E-state index contributed by atoms with van der Waals surface area (Å²) in [6.07, 6.45) is 1.51. The number of ether oxygens (including phenoxy) is 1. The van der Waals surface area contributed by atoms with E-state index < -0.39 is 6.04 Å². The molecule has 1 aliphatic heterocycles. The second kappa shape index (κ2) is 8.50. The highest BCUT2D eigenvalue weighted by molar-refractivity contribution is 5.87. The molecule has 1 aromatic rings. The molecule has 1 aromatic carbocycles. The van der Waals surface area contributed by atoms with Gasteiger partial charge in [-0.25, -0.2) is 0 Å². The van der Waals surface area contributed by atoms with Crippen LogP contribution in [0.3, 0.4) is 0 Å². The molecule has 1 unspecified atom stereocenters. The Hall–Kier alpha value is -2.57. The van der Waals surface area contributed by atoms with Gasteiger partial charge in [0.15, 0.2) is 0 Å². The maximum Gasteiger partial charge on any atom is 0.245 e. The van der Waals surface area contributed by atoms with E-state index in [-0.39, 0.29) is 23.6 Å². The number of rotatable bonds is 6. The Balaban J connectivity index is 2.07. The topological polar surface area (TPSA) is 102 Å². The Bertz CT molecular complexity index is 639. The zero-order chi connectivity index (χ0) is 18.4. The van der Waals surface area contributed by atoms with Gasteiger partial charge in [-0.2, -0.15) is 0 Å². The van der Waals surface area contributed by atoms with Crippen molar-refractivity contribution in [3.05, 3.63) is 29.8 Å². The number of carbonyl (C=O) groups excluding carboxylic acids is 3. The van der Waals surface area contributed by atoms with Crippen molar-refractivity contribution >= 4 is 17.7 Å². The van der Waals surface area contributed by atoms with Crippen molar-refractivity contribution in [3.8, 4) is 5.75 Å². The van der Waals surface area contributed by atoms with Crippen LogP contribution in [-0.2, 0) is 20.8 Å². The molecule has 0 aromatic heterocycles. The molecule has 1 atom stereocenters. The average Bonchev–Trinajstić information content (AvgIpc) is 2.60. The Morgan fingerprint density at radius 1 is 1.32 bits per heavy atom. The van der Waals surface area contributed by atoms with Gasteiger partial charge >= 0.3 is 0 Å². The number of hydrogen-bond donors (Lipinski definition) is 2. The largest absolute Gasteiger partial charge is 0.497 e. The molecule has 0 bridgehead atoms. The molecule has 25 heavy (non-hydrogen) atoms. The Labute approximate surface area is 147 Å². The summed E-state index contributed by atoms with van der Waals surface area (Å²) in [6.45, 7) is 2.34. The minimum atomic E-state index is -0.644. The van der Waals surface area contributed by atoms with E-state index in [1.165, 1.54) is 6.92 Å². The van der Waals surface area contributed by atoms with E-state index in [9.17, 15) is 14.4 Å². The van der Waals surface area contributed by atoms with Gasteiger partial charge in [-0.05, 0) is 30.5 Å². The van der Waals surface area contributed by atoms with Crippen LogP contribution in [0.1, 0.15) is 25.3 Å². The molecular weight excluding hydrogens is 322 g/mol. The zero-order valence-corrected chi connectivity index (χ0v) is 14.7. The summed E-state index contributed by atoms with van der Waals surface area (Å²) in [5.41, 5.74) is 6.23. The van der Waals surface area contributed by atoms with Crippen LogP contribution >= 0.6 is 0 Å². The van der Waals surface area contributed by atoms with Crippen molar-refractivity contribution in [2.75, 3.05) is 20.2 Å². The molecule has 136 valence electrons. The third-order valence-electron chi connectivity index (χ3n) is 4.46. The highest BCUT2D eigenvalue weighted by Crippen LogP contribution is 2.19. The van der Waals surface area contributed by atoms with E-state index in [4.69, 9.17) is 10.5 Å². The van der Waals surface area contributed by atoms with Gasteiger partial charge in [-0.3, -0.25) is 14.4 Å². The van der Waals surface area contributed by atoms with Crippen molar-refractivity contribution in [1.82, 2.24) is 10.2 Å². The minimum absolute atomic E-state index is 0.138. The molecule has 2 rings (SSSR count). The van der Waals surface area contributed by atoms with Gasteiger partial charge in [-0.15, -0.1) is 0 Å². The number of primary amides is 1. The maximum absolute atomic E-state index is 12.8. The van der Waals surface area contributed by atoms with Crippen LogP contribution in [-0.4, -0.2) is 48.9 Å². The van der Waals surface area contributed by atoms with Crippen LogP contribution in [0.2, 0.25) is 0 Å². The fraction of sp³-hybridized carbons (Fsp3) is 0.500. The van der Waals surface area contributed by atoms with E-state index >= 15 is 0 Å². The Morgan fingerprint density at radius 3 is 2.56 bits per heavy atom. The number of nitrogens with one attached hydrogen (secondary N) is 1. The standard InChI is InChI=1S/C18H25N3O4/c1-12(22)20-16(11-13-4-3-5-15(10-13)25-2)18(24)21-8-6-14(7-9-21)17(19)23/h3-5,10,14,16H,6-9,11H2,1-2H3,(H2,19,23)(H,20,22). The third-order valence-corrected chi connectivity index (χ3v) is 4.46. The molecule has 7 nitrogen and oxygen atoms in total. The minimum Gasteiger partial charge on any atom is -0.497 e. The zero-order valence-electron chi connectivity index (χ0n) is 14.7. The number of methoxy groups -OCH3 is 1. The van der Waals surface area contributed by atoms with Crippen LogP contribution in [0.5, 0.6) is 5.75 Å². The van der Waals surface area contributed by atoms with Gasteiger partial charge in [0, 0.05) is 32.4 Å². The second-order valence-electron chi connectivity index (χ2n) is 6.31. The number of carbonyl (C=O) groups is 3. The molecule has 0 spiro atoms. The molecule has 3 amide bonds. The van der Waals surface area contributed by atoms with Crippen molar-refractivity contribution in [1.29, 1.82) is 0 Å². The number of nitrogens with two attached hydrogens (primary N) is 1. The first-order valence-electron chi connectivity index (χ1n) is 8.39. The average molecular weight is 347 g/mol. The summed E-state index contributed by atoms with van der Waals surface area (Å²) < 4.78 is 5.20. The molecule has 1 aliphatic rings. The van der Waals surface area contributed by atoms with Crippen LogP contribution in [0.4, 0.5) is 0 Å². The number of amides is 3. The molecule has 0 aliphatic carbocycles. The molecule has 1 heterocycles. The number of benzene rings is 1. The molecule has 3 N–H and O–H groups in total. The number of likely N-dealkylation sites (tertiary alicyclic amines) is 1. The van der Waals surface area contributed by atoms with Crippen molar-refractivity contribution in [2.45, 2.75) is 32.2 Å². The van der Waals surface area contributed by atoms with Crippen LogP contribution in [0.25, 0.3) is 0 Å². The lowest BCUT2D eigenvalue weighted by Crippen LogP contribution is -2.52. The summed E-state index contributed by atoms with van der Waals surface area (Å²) in [5.74, 6) is -0.188. The normalized spacial score (nSPS) is 16.2. The van der Waals surface area contributed by atoms with E-state index in [2.05, 4.69) is 5.32 Å². The van der Waals surface area contributed by atoms with Gasteiger partial charge in [0.05, 0.1) is 7.11 Å². The monoisotopic (exact) mass is 347 g/mol. The predicted molar refractivity (Wildman–Crippen MR) is 92.8 cm³/mol. The van der Waals surface area contributed by atoms with Crippen LogP contribution in [0.15, 0.2) is 24.3 Å². The van der Waals surface area contributed by atoms with Crippen LogP contribution < -0.4 is 15.8 Å². The molecule has 1 saturated heterocycles. The summed E-state index contributed by atoms with van der Waals surface area (Å²) >= 11 is 0. The molecule has 7 heteroatoms. The van der Waals surface area contributed by atoms with E-state index in [0.29, 0.717) is 38.1 Å². The Morgan fingerprint density at radius 2 is 2.00 bits per heavy atom. The van der Waals surface area contributed by atoms with Gasteiger partial charge < -0.3 is 20.7 Å². The lowest BCUT2D eigenvalue weighted by Gasteiger charge is -2.33. The fourth-order valence-electron chi connectivity index (χ4n) is 3.09. The maximum atomic E-state index is 12.8. The SMILES string of the molecule is COc1cccc(CC(NC(C)=O)C(=O)N2CCC(C(N)=O)CC2)c1. The second-order valence-corrected chi connectivity index (χ2v) is 6.31. The fourth-order valence-corrected chi connectivity index (χ4v) is 3.09. The number of hydrogen-bond acceptors (Lipinski definition) is 4. The van der Waals surface area contributed by atoms with E-state index in [0.717, 1.165) is 5.56 Å². The van der Waals surface area contributed by atoms with E-state index in [1.807, 2.05) is 24.3 Å². The summed E-state index contributed by atoms with van der Waals surface area (Å²) in [6, 6.07) is 6.77. The lowest BCUT2D eigenvalue weighted by atomic mass is 9.95. The predicted octanol–water partition coefficient (Wildman–Crippen LogP) is 0.466. The summed E-state index contributed by atoms with van der Waals surface area (Å²) in [4.78, 5) is 37.3. The highest BCUT2D eigenvalue weighted by atomic mass is 16.5. The van der Waals surface area contributed by atoms with Gasteiger partial charge in [0.2, 0.25) is 17.7 Å². The highest BCUT2D eigenvalue weighted by Gasteiger charge is 2.30. The van der Waals surface area contributed by atoms with Crippen molar-refractivity contribution in [2.24, 2.45) is 11.7 Å². The summed E-state index contributed by atoms with van der Waals surface area (Å²) in [7, 11) is 1.58. The van der Waals surface area contributed by atoms with Gasteiger partial charge in [0.25, 0.3) is 0 Å². The first-order valence-corrected chi connectivity index (χ1v) is 8.39. The quantitative estimate of drug-likeness (QED) is 0.781. The first-order chi connectivity index (χ1) is 11.9. The third kappa shape index (κ3) is 5.20. The molecule has 0 saturated carbocycles. The van der Waals surface area contributed by atoms with E-state index in [1.54, 1.807) is 12.0 Å². The smallest absolute Gasteiger partial charge is 0.245 e. The molecule has 1 fully saturated rings. The molecular formula is C18H25N3O4. The van der Waals surface area contributed by atoms with Crippen molar-refractivity contribution in [3.63, 3.8) is 0 Å². The van der Waals surface area contributed by atoms with Crippen LogP contribution in [0, 0.1) is 5.92 Å². The number of piperidine rings is 1. The lowest BCUT2D eigenvalue weighted by molar-refractivity contribution is -0.138. The van der Waals surface area contributed by atoms with Crippen molar-refractivity contribution < 1.29 is 19.1 Å². The first kappa shape index (κ1) is 18.8. The molecule has 0 radical (unpaired) electrons. The van der Waals surface area contributed by atoms with Gasteiger partial charge in [-0.1, -0.05) is 12.1 Å².